The van der Waals surface area contributed by atoms with E-state index in [-0.39, 0.29) is 29.7 Å². The lowest BCUT2D eigenvalue weighted by Crippen LogP contribution is -2.44. The van der Waals surface area contributed by atoms with Gasteiger partial charge >= 0.3 is 0 Å². The number of carbonyl (C=O) groups is 1. The molecule has 0 aliphatic carbocycles. The summed E-state index contributed by atoms with van der Waals surface area (Å²) in [7, 11) is 1.66. The lowest BCUT2D eigenvalue weighted by atomic mass is 10.2. The van der Waals surface area contributed by atoms with E-state index in [9.17, 15) is 9.59 Å². The molecule has 0 fully saturated rings. The van der Waals surface area contributed by atoms with E-state index in [1.165, 1.54) is 4.57 Å². The Bertz CT molecular complexity index is 1200. The van der Waals surface area contributed by atoms with Crippen LogP contribution in [0.4, 0.5) is 0 Å². The zero-order chi connectivity index (χ0) is 26.8. The highest BCUT2D eigenvalue weighted by Crippen LogP contribution is 2.02. The highest BCUT2D eigenvalue weighted by atomic mass is 16.7. The van der Waals surface area contributed by atoms with Gasteiger partial charge in [0.05, 0.1) is 0 Å². The summed E-state index contributed by atoms with van der Waals surface area (Å²) in [6.45, 7) is 13.1. The minimum absolute atomic E-state index is 0.0370. The molecule has 0 bridgehead atoms. The van der Waals surface area contributed by atoms with E-state index < -0.39 is 0 Å². The van der Waals surface area contributed by atoms with Crippen molar-refractivity contribution in [2.45, 2.75) is 27.1 Å². The third kappa shape index (κ3) is 10.2. The summed E-state index contributed by atoms with van der Waals surface area (Å²) < 4.78 is 17.1. The molecule has 192 valence electrons. The van der Waals surface area contributed by atoms with E-state index >= 15 is 0 Å². The average molecular weight is 493 g/mol. The molecule has 0 atom stereocenters. The Morgan fingerprint density at radius 2 is 1.42 bits per heavy atom. The maximum absolute atomic E-state index is 12.7. The van der Waals surface area contributed by atoms with Crippen molar-refractivity contribution in [1.82, 2.24) is 9.55 Å². The Kier molecular flexibility index (Phi) is 14.8. The van der Waals surface area contributed by atoms with Crippen molar-refractivity contribution in [3.8, 4) is 5.88 Å². The lowest BCUT2D eigenvalue weighted by Gasteiger charge is -2.09. The molecular weight excluding hydrogens is 456 g/mol. The second kappa shape index (κ2) is 17.6. The van der Waals surface area contributed by atoms with Gasteiger partial charge in [-0.2, -0.15) is 0 Å². The van der Waals surface area contributed by atoms with Crippen molar-refractivity contribution in [1.29, 1.82) is 0 Å². The molecule has 1 heterocycles. The molecule has 0 saturated carbocycles. The van der Waals surface area contributed by atoms with Crippen LogP contribution in [-0.4, -0.2) is 41.9 Å². The summed E-state index contributed by atoms with van der Waals surface area (Å²) in [5, 5.41) is 0.762. The molecule has 2 aromatic carbocycles. The molecule has 36 heavy (non-hydrogen) atoms. The van der Waals surface area contributed by atoms with Crippen molar-refractivity contribution >= 4 is 18.4 Å². The van der Waals surface area contributed by atoms with Crippen molar-refractivity contribution in [3.63, 3.8) is 0 Å². The standard InChI is InChI=1S/C21H18N2O3.C6H14O2.C2H4/c1-23-19(15-17-10-6-3-7-11-17)20(26-13-12-24)22-18(21(23)25)14-16-8-4-2-5-9-16;1-4-7-6(3)8-5-2;1-2/h2-12,14-15H,13H2,1H3;6H,4-5H2,1-3H3;1-2H2/b18-14-,19-15-;;. The first-order valence-corrected chi connectivity index (χ1v) is 11.7. The molecule has 0 spiro atoms. The molecular formula is C29H36N2O5. The number of carbonyl (C=O) groups excluding carboxylic acids is 1. The third-order valence-electron chi connectivity index (χ3n) is 4.62. The van der Waals surface area contributed by atoms with Gasteiger partial charge in [0.1, 0.15) is 17.3 Å². The molecule has 0 N–H and O–H groups in total. The zero-order valence-corrected chi connectivity index (χ0v) is 21.6. The van der Waals surface area contributed by atoms with Crippen molar-refractivity contribution in [2.75, 3.05) is 19.8 Å². The van der Waals surface area contributed by atoms with E-state index in [4.69, 9.17) is 14.2 Å². The minimum Gasteiger partial charge on any atom is -0.468 e. The van der Waals surface area contributed by atoms with Crippen LogP contribution in [0.2, 0.25) is 0 Å². The van der Waals surface area contributed by atoms with Gasteiger partial charge in [-0.1, -0.05) is 60.7 Å². The SMILES string of the molecule is C=C.CCOC(C)OCC.Cn1c(=O)/c(=C/c2ccccc2)nc(OCC=O)/c1=C/c1ccccc1. The number of aldehydes is 1. The number of hydrogen-bond donors (Lipinski definition) is 0. The predicted molar refractivity (Wildman–Crippen MR) is 144 cm³/mol. The van der Waals surface area contributed by atoms with Crippen LogP contribution in [0.1, 0.15) is 31.9 Å². The predicted octanol–water partition coefficient (Wildman–Crippen LogP) is 3.22. The molecule has 0 amide bonds. The topological polar surface area (TPSA) is 79.7 Å². The molecule has 7 nitrogen and oxygen atoms in total. The zero-order valence-electron chi connectivity index (χ0n) is 21.6. The van der Waals surface area contributed by atoms with Gasteiger partial charge in [-0.3, -0.25) is 9.59 Å². The monoisotopic (exact) mass is 492 g/mol. The van der Waals surface area contributed by atoms with Crippen molar-refractivity contribution < 1.29 is 19.0 Å². The van der Waals surface area contributed by atoms with Crippen LogP contribution in [0.25, 0.3) is 12.2 Å². The molecule has 0 saturated heterocycles. The summed E-state index contributed by atoms with van der Waals surface area (Å²) in [6, 6.07) is 19.0. The summed E-state index contributed by atoms with van der Waals surface area (Å²) in [5.74, 6) is 0.241. The normalized spacial score (nSPS) is 11.2. The molecule has 7 heteroatoms. The van der Waals surface area contributed by atoms with Gasteiger partial charge in [-0.15, -0.1) is 13.2 Å². The maximum Gasteiger partial charge on any atom is 0.276 e. The van der Waals surface area contributed by atoms with Crippen LogP contribution in [0.5, 0.6) is 5.88 Å². The number of nitrogens with zero attached hydrogens (tertiary/aromatic N) is 2. The fourth-order valence-corrected chi connectivity index (χ4v) is 3.04. The summed E-state index contributed by atoms with van der Waals surface area (Å²) in [6.07, 6.45) is 4.12. The smallest absolute Gasteiger partial charge is 0.276 e. The van der Waals surface area contributed by atoms with E-state index in [0.29, 0.717) is 11.6 Å². The van der Waals surface area contributed by atoms with Gasteiger partial charge in [-0.05, 0) is 44.1 Å². The first kappa shape index (κ1) is 30.2. The number of aromatic nitrogens is 2. The first-order chi connectivity index (χ1) is 17.5. The number of hydrogen-bond acceptors (Lipinski definition) is 6. The highest BCUT2D eigenvalue weighted by molar-refractivity contribution is 5.53. The average Bonchev–Trinajstić information content (AvgIpc) is 2.91. The Balaban J connectivity index is 0.000000554. The van der Waals surface area contributed by atoms with Crippen LogP contribution in [0, 0.1) is 0 Å². The molecule has 0 unspecified atom stereocenters. The fraction of sp³-hybridized carbons (Fsp3) is 0.276. The van der Waals surface area contributed by atoms with Gasteiger partial charge in [0, 0.05) is 20.3 Å². The Morgan fingerprint density at radius 1 is 0.917 bits per heavy atom. The molecule has 3 aromatic rings. The van der Waals surface area contributed by atoms with Crippen LogP contribution < -0.4 is 21.0 Å². The summed E-state index contributed by atoms with van der Waals surface area (Å²) >= 11 is 0. The summed E-state index contributed by atoms with van der Waals surface area (Å²) in [5.41, 5.74) is 1.52. The van der Waals surface area contributed by atoms with Crippen LogP contribution >= 0.6 is 0 Å². The van der Waals surface area contributed by atoms with Gasteiger partial charge < -0.3 is 18.8 Å². The molecule has 0 aliphatic heterocycles. The Hall–Kier alpha value is -3.81. The largest absolute Gasteiger partial charge is 0.468 e. The van der Waals surface area contributed by atoms with Crippen LogP contribution in [0.3, 0.4) is 0 Å². The Labute approximate surface area is 213 Å². The quantitative estimate of drug-likeness (QED) is 0.259. The molecule has 0 aliphatic rings. The highest BCUT2D eigenvalue weighted by Gasteiger charge is 2.07. The molecule has 1 aromatic heterocycles. The number of rotatable bonds is 9. The number of ether oxygens (including phenoxy) is 3. The lowest BCUT2D eigenvalue weighted by molar-refractivity contribution is -0.123. The minimum atomic E-state index is -0.241. The second-order valence-electron chi connectivity index (χ2n) is 7.12. The molecule has 3 rings (SSSR count). The van der Waals surface area contributed by atoms with Crippen molar-refractivity contribution in [2.24, 2.45) is 7.05 Å². The van der Waals surface area contributed by atoms with Gasteiger partial charge in [0.2, 0.25) is 5.88 Å². The van der Waals surface area contributed by atoms with Gasteiger partial charge in [-0.25, -0.2) is 4.98 Å². The van der Waals surface area contributed by atoms with Gasteiger partial charge in [0.15, 0.2) is 12.6 Å². The first-order valence-electron chi connectivity index (χ1n) is 11.7. The van der Waals surface area contributed by atoms with Crippen LogP contribution in [-0.2, 0) is 21.3 Å². The molecule has 0 radical (unpaired) electrons. The summed E-state index contributed by atoms with van der Waals surface area (Å²) in [4.78, 5) is 27.8. The van der Waals surface area contributed by atoms with E-state index in [2.05, 4.69) is 18.1 Å². The maximum atomic E-state index is 12.7. The second-order valence-corrected chi connectivity index (χ2v) is 7.12. The van der Waals surface area contributed by atoms with Gasteiger partial charge in [0.25, 0.3) is 5.56 Å². The fourth-order valence-electron chi connectivity index (χ4n) is 3.04. The van der Waals surface area contributed by atoms with E-state index in [1.807, 2.05) is 81.4 Å². The van der Waals surface area contributed by atoms with E-state index in [0.717, 1.165) is 24.3 Å². The van der Waals surface area contributed by atoms with Crippen molar-refractivity contribution in [3.05, 3.63) is 106 Å². The van der Waals surface area contributed by atoms with E-state index in [1.54, 1.807) is 19.2 Å². The number of benzene rings is 2. The Morgan fingerprint density at radius 3 is 1.89 bits per heavy atom. The van der Waals surface area contributed by atoms with Crippen LogP contribution in [0.15, 0.2) is 78.6 Å². The third-order valence-corrected chi connectivity index (χ3v) is 4.62.